The van der Waals surface area contributed by atoms with E-state index >= 15 is 0 Å². The van der Waals surface area contributed by atoms with Gasteiger partial charge >= 0.3 is 0 Å². The number of amides is 1. The topological polar surface area (TPSA) is 108 Å². The molecule has 2 aliphatic rings. The van der Waals surface area contributed by atoms with Gasteiger partial charge in [0.1, 0.15) is 22.5 Å². The predicted octanol–water partition coefficient (Wildman–Crippen LogP) is 3.81. The zero-order valence-electron chi connectivity index (χ0n) is 21.3. The van der Waals surface area contributed by atoms with Crippen molar-refractivity contribution in [2.75, 3.05) is 63.6 Å². The summed E-state index contributed by atoms with van der Waals surface area (Å²) in [5, 5.41) is 11.9. The number of benzene rings is 1. The maximum atomic E-state index is 12.7. The molecule has 2 aliphatic heterocycles. The molecule has 198 valence electrons. The second-order valence-corrected chi connectivity index (χ2v) is 11.2. The first-order chi connectivity index (χ1) is 18.4. The van der Waals surface area contributed by atoms with Gasteiger partial charge in [0, 0.05) is 66.8 Å². The third-order valence-electron chi connectivity index (χ3n) is 6.86. The summed E-state index contributed by atoms with van der Waals surface area (Å²) in [7, 11) is 2.14. The lowest BCUT2D eigenvalue weighted by Crippen LogP contribution is -2.45. The molecule has 1 amide bonds. The SMILES string of the molecule is C[C@@H]1CNc2c(sc3ccc4nc(Nc5nc(Cl)cc(OCCN6CCN(C)CC6)n5)ccc4c23)C(=O)N1. The van der Waals surface area contributed by atoms with Crippen molar-refractivity contribution < 1.29 is 9.53 Å². The monoisotopic (exact) mass is 552 g/mol. The van der Waals surface area contributed by atoms with Crippen LogP contribution >= 0.6 is 22.9 Å². The fraction of sp³-hybridized carbons (Fsp3) is 0.385. The number of nitrogens with one attached hydrogen (secondary N) is 3. The fourth-order valence-corrected chi connectivity index (χ4v) is 6.06. The first-order valence-corrected chi connectivity index (χ1v) is 13.9. The Balaban J connectivity index is 1.20. The van der Waals surface area contributed by atoms with Crippen molar-refractivity contribution >= 4 is 67.3 Å². The zero-order valence-corrected chi connectivity index (χ0v) is 22.8. The van der Waals surface area contributed by atoms with E-state index in [1.165, 1.54) is 11.3 Å². The van der Waals surface area contributed by atoms with Crippen molar-refractivity contribution in [3.63, 3.8) is 0 Å². The molecule has 0 spiro atoms. The average molecular weight is 553 g/mol. The number of halogens is 1. The van der Waals surface area contributed by atoms with Gasteiger partial charge in [-0.05, 0) is 38.2 Å². The van der Waals surface area contributed by atoms with Crippen LogP contribution in [0.3, 0.4) is 0 Å². The third-order valence-corrected chi connectivity index (χ3v) is 8.20. The maximum absolute atomic E-state index is 12.7. The van der Waals surface area contributed by atoms with E-state index in [4.69, 9.17) is 21.3 Å². The number of carbonyl (C=O) groups excluding carboxylic acids is 1. The van der Waals surface area contributed by atoms with Gasteiger partial charge in [0.15, 0.2) is 0 Å². The molecule has 12 heteroatoms. The maximum Gasteiger partial charge on any atom is 0.263 e. The Kier molecular flexibility index (Phi) is 6.91. The highest BCUT2D eigenvalue weighted by atomic mass is 35.5. The van der Waals surface area contributed by atoms with Gasteiger partial charge in [0.2, 0.25) is 11.8 Å². The molecule has 1 aromatic carbocycles. The number of hydrogen-bond acceptors (Lipinski definition) is 10. The lowest BCUT2D eigenvalue weighted by molar-refractivity contribution is 0.0949. The summed E-state index contributed by atoms with van der Waals surface area (Å²) in [4.78, 5) is 31.7. The standard InChI is InChI=1S/C26H29ClN8O2S/c1-15-14-28-23-22-16-3-6-20(30-17(16)4-5-18(22)38-24(23)25(36)29-15)32-26-31-19(27)13-21(33-26)37-12-11-35-9-7-34(2)8-10-35/h3-6,13,15,28H,7-12,14H2,1-2H3,(H,29,36)(H,30,31,32,33)/t15-/m1/s1. The summed E-state index contributed by atoms with van der Waals surface area (Å²) in [5.74, 6) is 1.28. The Labute approximate surface area is 229 Å². The Morgan fingerprint density at radius 3 is 2.84 bits per heavy atom. The third kappa shape index (κ3) is 5.19. The van der Waals surface area contributed by atoms with Crippen molar-refractivity contribution in [1.82, 2.24) is 30.1 Å². The molecule has 3 N–H and O–H groups in total. The molecule has 0 bridgehead atoms. The lowest BCUT2D eigenvalue weighted by Gasteiger charge is -2.32. The fourth-order valence-electron chi connectivity index (χ4n) is 4.79. The van der Waals surface area contributed by atoms with E-state index in [1.54, 1.807) is 6.07 Å². The van der Waals surface area contributed by atoms with Gasteiger partial charge in [-0.15, -0.1) is 11.3 Å². The summed E-state index contributed by atoms with van der Waals surface area (Å²) in [6, 6.07) is 9.53. The largest absolute Gasteiger partial charge is 0.476 e. The van der Waals surface area contributed by atoms with Crippen LogP contribution in [0.4, 0.5) is 17.5 Å². The molecule has 1 atom stereocenters. The molecule has 0 radical (unpaired) electrons. The molecule has 10 nitrogen and oxygen atoms in total. The van der Waals surface area contributed by atoms with Gasteiger partial charge in [-0.3, -0.25) is 9.69 Å². The number of aromatic nitrogens is 3. The molecule has 38 heavy (non-hydrogen) atoms. The van der Waals surface area contributed by atoms with Crippen LogP contribution in [-0.4, -0.2) is 89.6 Å². The van der Waals surface area contributed by atoms with Gasteiger partial charge in [-0.1, -0.05) is 11.6 Å². The average Bonchev–Trinajstić information content (AvgIpc) is 3.21. The number of piperazine rings is 1. The van der Waals surface area contributed by atoms with Gasteiger partial charge in [0.25, 0.3) is 5.91 Å². The second kappa shape index (κ2) is 10.5. The summed E-state index contributed by atoms with van der Waals surface area (Å²) < 4.78 is 6.93. The smallest absolute Gasteiger partial charge is 0.263 e. The quantitative estimate of drug-likeness (QED) is 0.308. The van der Waals surface area contributed by atoms with Crippen molar-refractivity contribution in [3.8, 4) is 5.88 Å². The van der Waals surface area contributed by atoms with Crippen LogP contribution in [0.2, 0.25) is 5.15 Å². The van der Waals surface area contributed by atoms with Crippen LogP contribution in [0.1, 0.15) is 16.6 Å². The molecule has 3 aromatic heterocycles. The van der Waals surface area contributed by atoms with Crippen molar-refractivity contribution in [1.29, 1.82) is 0 Å². The van der Waals surface area contributed by atoms with E-state index in [-0.39, 0.29) is 11.9 Å². The van der Waals surface area contributed by atoms with Crippen molar-refractivity contribution in [2.45, 2.75) is 13.0 Å². The van der Waals surface area contributed by atoms with E-state index in [0.717, 1.165) is 59.4 Å². The summed E-state index contributed by atoms with van der Waals surface area (Å²) in [5.41, 5.74) is 1.67. The Morgan fingerprint density at radius 2 is 2.00 bits per heavy atom. The van der Waals surface area contributed by atoms with Crippen LogP contribution in [0.5, 0.6) is 5.88 Å². The molecular weight excluding hydrogens is 524 g/mol. The molecule has 4 aromatic rings. The predicted molar refractivity (Wildman–Crippen MR) is 152 cm³/mol. The number of anilines is 3. The van der Waals surface area contributed by atoms with E-state index in [9.17, 15) is 4.79 Å². The first-order valence-electron chi connectivity index (χ1n) is 12.7. The normalized spacial score (nSPS) is 18.6. The van der Waals surface area contributed by atoms with Crippen molar-refractivity contribution in [3.05, 3.63) is 40.4 Å². The van der Waals surface area contributed by atoms with Crippen LogP contribution in [-0.2, 0) is 0 Å². The summed E-state index contributed by atoms with van der Waals surface area (Å²) in [6.07, 6.45) is 0. The van der Waals surface area contributed by atoms with Crippen LogP contribution in [0.15, 0.2) is 30.3 Å². The van der Waals surface area contributed by atoms with E-state index in [2.05, 4.69) is 42.8 Å². The number of nitrogens with zero attached hydrogens (tertiary/aromatic N) is 5. The number of pyridine rings is 1. The van der Waals surface area contributed by atoms with Gasteiger partial charge in [-0.2, -0.15) is 4.98 Å². The molecule has 1 fully saturated rings. The molecule has 1 saturated heterocycles. The molecule has 0 unspecified atom stereocenters. The van der Waals surface area contributed by atoms with E-state index < -0.39 is 0 Å². The number of thiophene rings is 1. The van der Waals surface area contributed by atoms with Gasteiger partial charge < -0.3 is 25.6 Å². The first kappa shape index (κ1) is 25.1. The summed E-state index contributed by atoms with van der Waals surface area (Å²) in [6.45, 7) is 8.22. The number of fused-ring (bicyclic) bond motifs is 5. The van der Waals surface area contributed by atoms with Crippen LogP contribution < -0.4 is 20.7 Å². The molecule has 0 saturated carbocycles. The highest BCUT2D eigenvalue weighted by molar-refractivity contribution is 7.21. The number of likely N-dealkylation sites (N-methyl/N-ethyl adjacent to an activating group) is 1. The van der Waals surface area contributed by atoms with E-state index in [1.807, 2.05) is 31.2 Å². The lowest BCUT2D eigenvalue weighted by atomic mass is 10.1. The Bertz CT molecular complexity index is 1500. The van der Waals surface area contributed by atoms with Crippen molar-refractivity contribution in [2.24, 2.45) is 0 Å². The number of hydrogen-bond donors (Lipinski definition) is 3. The number of carbonyl (C=O) groups is 1. The minimum Gasteiger partial charge on any atom is -0.476 e. The van der Waals surface area contributed by atoms with Gasteiger partial charge in [0.05, 0.1) is 11.2 Å². The molecule has 5 heterocycles. The van der Waals surface area contributed by atoms with Crippen LogP contribution in [0.25, 0.3) is 21.0 Å². The van der Waals surface area contributed by atoms with Gasteiger partial charge in [-0.25, -0.2) is 9.97 Å². The molecular formula is C26H29ClN8O2S. The number of rotatable bonds is 6. The Morgan fingerprint density at radius 1 is 1.16 bits per heavy atom. The highest BCUT2D eigenvalue weighted by Gasteiger charge is 2.24. The second-order valence-electron chi connectivity index (χ2n) is 9.73. The van der Waals surface area contributed by atoms with E-state index in [0.29, 0.717) is 40.8 Å². The minimum atomic E-state index is -0.0437. The van der Waals surface area contributed by atoms with Crippen LogP contribution in [0, 0.1) is 0 Å². The Hall–Kier alpha value is -3.25. The molecule has 0 aliphatic carbocycles. The number of ether oxygens (including phenoxy) is 1. The molecule has 6 rings (SSSR count). The zero-order chi connectivity index (χ0) is 26.2. The minimum absolute atomic E-state index is 0.0437. The summed E-state index contributed by atoms with van der Waals surface area (Å²) >= 11 is 7.76. The highest BCUT2D eigenvalue weighted by Crippen LogP contribution is 2.41.